The maximum absolute atomic E-state index is 11.5. The second-order valence-electron chi connectivity index (χ2n) is 3.48. The maximum atomic E-state index is 11.5. The summed E-state index contributed by atoms with van der Waals surface area (Å²) in [7, 11) is 1.60. The third-order valence-corrected chi connectivity index (χ3v) is 3.22. The predicted octanol–water partition coefficient (Wildman–Crippen LogP) is -0.389. The first-order valence-corrected chi connectivity index (χ1v) is 6.72. The van der Waals surface area contributed by atoms with E-state index in [9.17, 15) is 4.79 Å². The molecule has 0 atom stereocenters. The van der Waals surface area contributed by atoms with Crippen LogP contribution in [0, 0.1) is 0 Å². The number of ether oxygens (including phenoxy) is 1. The molecule has 8 heteroatoms. The normalized spacial score (nSPS) is 10.6. The Labute approximate surface area is 110 Å². The average Bonchev–Trinajstić information content (AvgIpc) is 2.78. The fourth-order valence-electron chi connectivity index (χ4n) is 1.37. The number of aromatic nitrogens is 3. The average molecular weight is 273 g/mol. The molecule has 1 aromatic rings. The van der Waals surface area contributed by atoms with Crippen molar-refractivity contribution in [2.75, 3.05) is 26.0 Å². The molecule has 0 fully saturated rings. The molecule has 3 N–H and O–H groups in total. The van der Waals surface area contributed by atoms with Gasteiger partial charge in [0.1, 0.15) is 5.82 Å². The van der Waals surface area contributed by atoms with Crippen molar-refractivity contribution in [1.29, 1.82) is 0 Å². The zero-order chi connectivity index (χ0) is 13.4. The Morgan fingerprint density at radius 2 is 2.33 bits per heavy atom. The summed E-state index contributed by atoms with van der Waals surface area (Å²) in [4.78, 5) is 11.5. The van der Waals surface area contributed by atoms with Crippen LogP contribution in [0.4, 0.5) is 0 Å². The predicted molar refractivity (Wildman–Crippen MR) is 69.2 cm³/mol. The second-order valence-corrected chi connectivity index (χ2v) is 4.42. The van der Waals surface area contributed by atoms with E-state index < -0.39 is 0 Å². The first-order chi connectivity index (χ1) is 8.72. The molecule has 0 aromatic carbocycles. The Morgan fingerprint density at radius 1 is 1.56 bits per heavy atom. The minimum absolute atomic E-state index is 0.0444. The molecule has 7 nitrogen and oxygen atoms in total. The van der Waals surface area contributed by atoms with Crippen LogP contribution in [-0.2, 0) is 22.6 Å². The first kappa shape index (κ1) is 14.9. The number of carbonyl (C=O) groups excluding carboxylic acids is 1. The van der Waals surface area contributed by atoms with Crippen LogP contribution < -0.4 is 11.1 Å². The van der Waals surface area contributed by atoms with Gasteiger partial charge >= 0.3 is 0 Å². The van der Waals surface area contributed by atoms with Gasteiger partial charge in [-0.25, -0.2) is 0 Å². The van der Waals surface area contributed by atoms with Gasteiger partial charge in [0, 0.05) is 20.2 Å². The molecular formula is C10H19N5O2S. The summed E-state index contributed by atoms with van der Waals surface area (Å²) in [6.45, 7) is 4.11. The molecule has 0 radical (unpaired) electrons. The molecule has 0 aliphatic rings. The summed E-state index contributed by atoms with van der Waals surface area (Å²) < 4.78 is 6.76. The molecule has 0 aliphatic carbocycles. The number of thioether (sulfide) groups is 1. The van der Waals surface area contributed by atoms with E-state index in [2.05, 4.69) is 15.5 Å². The summed E-state index contributed by atoms with van der Waals surface area (Å²) in [6, 6.07) is 0. The highest BCUT2D eigenvalue weighted by molar-refractivity contribution is 7.99. The Morgan fingerprint density at radius 3 is 2.94 bits per heavy atom. The molecule has 1 aromatic heterocycles. The van der Waals surface area contributed by atoms with Crippen molar-refractivity contribution in [3.8, 4) is 0 Å². The van der Waals surface area contributed by atoms with Gasteiger partial charge in [0.15, 0.2) is 5.16 Å². The third kappa shape index (κ3) is 4.28. The Kier molecular flexibility index (Phi) is 6.69. The zero-order valence-corrected chi connectivity index (χ0v) is 11.5. The lowest BCUT2D eigenvalue weighted by atomic mass is 10.6. The number of nitrogens with one attached hydrogen (secondary N) is 1. The smallest absolute Gasteiger partial charge is 0.230 e. The van der Waals surface area contributed by atoms with Crippen molar-refractivity contribution in [2.45, 2.75) is 25.2 Å². The summed E-state index contributed by atoms with van der Waals surface area (Å²) in [6.07, 6.45) is 0. The number of nitrogens with zero attached hydrogens (tertiary/aromatic N) is 3. The van der Waals surface area contributed by atoms with E-state index in [1.165, 1.54) is 11.8 Å². The highest BCUT2D eigenvalue weighted by Crippen LogP contribution is 2.16. The summed E-state index contributed by atoms with van der Waals surface area (Å²) in [5, 5.41) is 11.5. The van der Waals surface area contributed by atoms with Gasteiger partial charge in [-0.1, -0.05) is 11.8 Å². The lowest BCUT2D eigenvalue weighted by molar-refractivity contribution is -0.118. The van der Waals surface area contributed by atoms with Gasteiger partial charge in [-0.2, -0.15) is 0 Å². The monoisotopic (exact) mass is 273 g/mol. The number of hydrogen-bond donors (Lipinski definition) is 2. The molecule has 0 saturated carbocycles. The topological polar surface area (TPSA) is 95.1 Å². The molecule has 1 amide bonds. The SMILES string of the molecule is CCn1c(CN)nnc1SCC(=O)NCCOC. The van der Waals surface area contributed by atoms with E-state index in [-0.39, 0.29) is 5.91 Å². The van der Waals surface area contributed by atoms with Crippen LogP contribution in [-0.4, -0.2) is 46.7 Å². The molecule has 18 heavy (non-hydrogen) atoms. The van der Waals surface area contributed by atoms with Crippen molar-refractivity contribution in [2.24, 2.45) is 5.73 Å². The number of amides is 1. The summed E-state index contributed by atoms with van der Waals surface area (Å²) in [5.74, 6) is 1.00. The van der Waals surface area contributed by atoms with E-state index in [4.69, 9.17) is 10.5 Å². The molecular weight excluding hydrogens is 254 g/mol. The largest absolute Gasteiger partial charge is 0.383 e. The number of rotatable bonds is 8. The van der Waals surface area contributed by atoms with E-state index in [0.29, 0.717) is 25.4 Å². The lowest BCUT2D eigenvalue weighted by Gasteiger charge is -2.06. The van der Waals surface area contributed by atoms with Gasteiger partial charge in [0.25, 0.3) is 0 Å². The highest BCUT2D eigenvalue weighted by atomic mass is 32.2. The third-order valence-electron chi connectivity index (χ3n) is 2.25. The molecule has 102 valence electrons. The van der Waals surface area contributed by atoms with Crippen LogP contribution in [0.15, 0.2) is 5.16 Å². The van der Waals surface area contributed by atoms with Crippen LogP contribution in [0.25, 0.3) is 0 Å². The van der Waals surface area contributed by atoms with Gasteiger partial charge in [-0.15, -0.1) is 10.2 Å². The van der Waals surface area contributed by atoms with E-state index in [1.807, 2.05) is 11.5 Å². The fourth-order valence-corrected chi connectivity index (χ4v) is 2.22. The molecule has 0 unspecified atom stereocenters. The van der Waals surface area contributed by atoms with Crippen LogP contribution in [0.3, 0.4) is 0 Å². The number of methoxy groups -OCH3 is 1. The van der Waals surface area contributed by atoms with Crippen molar-refractivity contribution >= 4 is 17.7 Å². The van der Waals surface area contributed by atoms with Crippen LogP contribution in [0.5, 0.6) is 0 Å². The fraction of sp³-hybridized carbons (Fsp3) is 0.700. The van der Waals surface area contributed by atoms with Crippen molar-refractivity contribution < 1.29 is 9.53 Å². The Balaban J connectivity index is 2.43. The van der Waals surface area contributed by atoms with E-state index in [0.717, 1.165) is 17.5 Å². The highest BCUT2D eigenvalue weighted by Gasteiger charge is 2.11. The zero-order valence-electron chi connectivity index (χ0n) is 10.7. The molecule has 0 bridgehead atoms. The van der Waals surface area contributed by atoms with Gasteiger partial charge in [0.05, 0.1) is 18.9 Å². The first-order valence-electron chi connectivity index (χ1n) is 5.73. The number of hydrogen-bond acceptors (Lipinski definition) is 6. The second kappa shape index (κ2) is 8.06. The molecule has 1 heterocycles. The molecule has 0 saturated heterocycles. The summed E-state index contributed by atoms with van der Waals surface area (Å²) in [5.41, 5.74) is 5.55. The maximum Gasteiger partial charge on any atom is 0.230 e. The summed E-state index contributed by atoms with van der Waals surface area (Å²) >= 11 is 1.35. The molecule has 0 spiro atoms. The van der Waals surface area contributed by atoms with Crippen molar-refractivity contribution in [3.05, 3.63) is 5.82 Å². The minimum Gasteiger partial charge on any atom is -0.383 e. The van der Waals surface area contributed by atoms with Gasteiger partial charge in [-0.3, -0.25) is 4.79 Å². The Bertz CT molecular complexity index is 382. The number of nitrogens with two attached hydrogens (primary N) is 1. The Hall–Kier alpha value is -1.12. The standard InChI is InChI=1S/C10H19N5O2S/c1-3-15-8(6-11)13-14-10(15)18-7-9(16)12-4-5-17-2/h3-7,11H2,1-2H3,(H,12,16). The van der Waals surface area contributed by atoms with Gasteiger partial charge in [0.2, 0.25) is 5.91 Å². The van der Waals surface area contributed by atoms with Gasteiger partial charge in [-0.05, 0) is 6.92 Å². The molecule has 1 rings (SSSR count). The minimum atomic E-state index is -0.0444. The van der Waals surface area contributed by atoms with E-state index in [1.54, 1.807) is 7.11 Å². The number of carbonyl (C=O) groups is 1. The molecule has 0 aliphatic heterocycles. The van der Waals surface area contributed by atoms with E-state index >= 15 is 0 Å². The van der Waals surface area contributed by atoms with Gasteiger partial charge < -0.3 is 20.4 Å². The van der Waals surface area contributed by atoms with Crippen LogP contribution >= 0.6 is 11.8 Å². The quantitative estimate of drug-likeness (QED) is 0.495. The lowest BCUT2D eigenvalue weighted by Crippen LogP contribution is -2.28. The van der Waals surface area contributed by atoms with Crippen molar-refractivity contribution in [1.82, 2.24) is 20.1 Å². The van der Waals surface area contributed by atoms with Crippen LogP contribution in [0.1, 0.15) is 12.7 Å². The van der Waals surface area contributed by atoms with Crippen LogP contribution in [0.2, 0.25) is 0 Å². The van der Waals surface area contributed by atoms with Crippen molar-refractivity contribution in [3.63, 3.8) is 0 Å².